The highest BCUT2D eigenvalue weighted by molar-refractivity contribution is 6.08. The summed E-state index contributed by atoms with van der Waals surface area (Å²) >= 11 is 0. The Morgan fingerprint density at radius 3 is 2.47 bits per heavy atom. The third-order valence-electron chi connectivity index (χ3n) is 7.52. The van der Waals surface area contributed by atoms with Crippen LogP contribution < -0.4 is 15.4 Å². The second-order valence-corrected chi connectivity index (χ2v) is 9.84. The highest BCUT2D eigenvalue weighted by Gasteiger charge is 2.42. The Labute approximate surface area is 212 Å². The molecule has 2 aromatic rings. The van der Waals surface area contributed by atoms with E-state index in [0.717, 1.165) is 35.8 Å². The number of nitrogens with zero attached hydrogens (tertiary/aromatic N) is 1. The number of benzene rings is 2. The first-order chi connectivity index (χ1) is 17.4. The van der Waals surface area contributed by atoms with Crippen molar-refractivity contribution < 1.29 is 23.9 Å². The number of amides is 3. The fourth-order valence-electron chi connectivity index (χ4n) is 5.26. The van der Waals surface area contributed by atoms with Crippen LogP contribution in [0.25, 0.3) is 10.8 Å². The van der Waals surface area contributed by atoms with Crippen LogP contribution in [0.15, 0.2) is 36.4 Å². The summed E-state index contributed by atoms with van der Waals surface area (Å²) in [5, 5.41) is 7.58. The minimum atomic E-state index is -0.608. The molecule has 2 fully saturated rings. The summed E-state index contributed by atoms with van der Waals surface area (Å²) in [5.74, 6) is 0.420. The first kappa shape index (κ1) is 25.9. The van der Waals surface area contributed by atoms with E-state index in [1.54, 1.807) is 14.0 Å². The average molecular weight is 496 g/mol. The van der Waals surface area contributed by atoms with Gasteiger partial charge in [0, 0.05) is 43.8 Å². The largest absolute Gasteiger partial charge is 0.496 e. The van der Waals surface area contributed by atoms with Gasteiger partial charge in [0.25, 0.3) is 5.91 Å². The van der Waals surface area contributed by atoms with Gasteiger partial charge in [0.2, 0.25) is 11.8 Å². The van der Waals surface area contributed by atoms with Gasteiger partial charge in [-0.1, -0.05) is 30.7 Å². The van der Waals surface area contributed by atoms with E-state index in [1.807, 2.05) is 41.3 Å². The van der Waals surface area contributed by atoms with Crippen LogP contribution in [0.2, 0.25) is 0 Å². The standard InChI is InChI=1S/C28H37N3O5/c1-20-25(32)29-15-7-19-36-18-6-5-12-28(27(34)30-20)13-16-31(17-14-28)26(33)23-10-11-24(35-2)22-9-4-3-8-21(22)23/h3-4,8-11,20H,5-7,12-19H2,1-2H3,(H,29,32)(H,30,34)/t20-/m0/s1. The number of hydrogen-bond acceptors (Lipinski definition) is 5. The van der Waals surface area contributed by atoms with Crippen molar-refractivity contribution in [3.05, 3.63) is 42.0 Å². The summed E-state index contributed by atoms with van der Waals surface area (Å²) in [7, 11) is 1.63. The molecule has 194 valence electrons. The molecular weight excluding hydrogens is 458 g/mol. The number of nitrogens with one attached hydrogen (secondary N) is 2. The van der Waals surface area contributed by atoms with Crippen molar-refractivity contribution in [2.45, 2.75) is 51.5 Å². The molecule has 2 N–H and O–H groups in total. The number of rotatable bonds is 2. The molecule has 1 atom stereocenters. The molecule has 36 heavy (non-hydrogen) atoms. The quantitative estimate of drug-likeness (QED) is 0.667. The van der Waals surface area contributed by atoms with Crippen LogP contribution in [0.3, 0.4) is 0 Å². The van der Waals surface area contributed by atoms with Crippen molar-refractivity contribution in [1.82, 2.24) is 15.5 Å². The van der Waals surface area contributed by atoms with E-state index >= 15 is 0 Å². The molecular formula is C28H37N3O5. The fraction of sp³-hybridized carbons (Fsp3) is 0.536. The van der Waals surface area contributed by atoms with Crippen molar-refractivity contribution in [1.29, 1.82) is 0 Å². The molecule has 0 radical (unpaired) electrons. The summed E-state index contributed by atoms with van der Waals surface area (Å²) in [5.41, 5.74) is 0.0393. The smallest absolute Gasteiger partial charge is 0.254 e. The molecule has 0 saturated carbocycles. The third-order valence-corrected chi connectivity index (χ3v) is 7.52. The summed E-state index contributed by atoms with van der Waals surface area (Å²) in [4.78, 5) is 41.3. The first-order valence-electron chi connectivity index (χ1n) is 13.0. The Morgan fingerprint density at radius 1 is 1.00 bits per heavy atom. The monoisotopic (exact) mass is 495 g/mol. The lowest BCUT2D eigenvalue weighted by molar-refractivity contribution is -0.137. The number of methoxy groups -OCH3 is 1. The van der Waals surface area contributed by atoms with Gasteiger partial charge < -0.3 is 25.0 Å². The van der Waals surface area contributed by atoms with E-state index in [-0.39, 0.29) is 17.7 Å². The lowest BCUT2D eigenvalue weighted by Gasteiger charge is -2.41. The topological polar surface area (TPSA) is 97.0 Å². The molecule has 0 aromatic heterocycles. The van der Waals surface area contributed by atoms with Crippen molar-refractivity contribution in [2.24, 2.45) is 5.41 Å². The molecule has 2 aromatic carbocycles. The molecule has 2 saturated heterocycles. The van der Waals surface area contributed by atoms with E-state index in [0.29, 0.717) is 57.7 Å². The van der Waals surface area contributed by atoms with Crippen molar-refractivity contribution >= 4 is 28.5 Å². The van der Waals surface area contributed by atoms with Crippen LogP contribution >= 0.6 is 0 Å². The zero-order valence-corrected chi connectivity index (χ0v) is 21.3. The van der Waals surface area contributed by atoms with Crippen LogP contribution in [-0.2, 0) is 14.3 Å². The van der Waals surface area contributed by atoms with Crippen molar-refractivity contribution in [2.75, 3.05) is 40.0 Å². The number of hydrogen-bond donors (Lipinski definition) is 2. The highest BCUT2D eigenvalue weighted by Crippen LogP contribution is 2.38. The molecule has 2 aliphatic heterocycles. The van der Waals surface area contributed by atoms with Gasteiger partial charge in [0.15, 0.2) is 0 Å². The zero-order chi connectivity index (χ0) is 25.5. The number of piperidine rings is 1. The van der Waals surface area contributed by atoms with Crippen LogP contribution in [0.4, 0.5) is 0 Å². The number of fused-ring (bicyclic) bond motifs is 1. The number of carbonyl (C=O) groups excluding carboxylic acids is 3. The second kappa shape index (κ2) is 11.7. The molecule has 0 unspecified atom stereocenters. The maximum absolute atomic E-state index is 13.6. The van der Waals surface area contributed by atoms with Crippen molar-refractivity contribution in [3.8, 4) is 5.75 Å². The van der Waals surface area contributed by atoms with Gasteiger partial charge in [-0.15, -0.1) is 0 Å². The fourth-order valence-corrected chi connectivity index (χ4v) is 5.26. The van der Waals surface area contributed by atoms with Crippen LogP contribution in [0, 0.1) is 5.41 Å². The van der Waals surface area contributed by atoms with Crippen molar-refractivity contribution in [3.63, 3.8) is 0 Å². The van der Waals surface area contributed by atoms with E-state index in [1.165, 1.54) is 0 Å². The SMILES string of the molecule is COc1ccc(C(=O)N2CCC3(CCCCOCCCNC(=O)[C@H](C)NC3=O)CC2)c2ccccc12. The lowest BCUT2D eigenvalue weighted by Crippen LogP contribution is -2.54. The van der Waals surface area contributed by atoms with Crippen LogP contribution in [0.5, 0.6) is 5.75 Å². The molecule has 1 spiro atoms. The van der Waals surface area contributed by atoms with Crippen LogP contribution in [-0.4, -0.2) is 68.6 Å². The molecule has 3 amide bonds. The number of ether oxygens (including phenoxy) is 2. The van der Waals surface area contributed by atoms with Gasteiger partial charge in [-0.05, 0) is 56.5 Å². The highest BCUT2D eigenvalue weighted by atomic mass is 16.5. The molecule has 2 aliphatic rings. The Balaban J connectivity index is 1.50. The lowest BCUT2D eigenvalue weighted by atomic mass is 9.73. The van der Waals surface area contributed by atoms with Gasteiger partial charge in [0.05, 0.1) is 12.5 Å². The van der Waals surface area contributed by atoms with Gasteiger partial charge in [0.1, 0.15) is 11.8 Å². The average Bonchev–Trinajstić information content (AvgIpc) is 2.90. The summed E-state index contributed by atoms with van der Waals surface area (Å²) < 4.78 is 11.2. The molecule has 0 aliphatic carbocycles. The Kier molecular flexibility index (Phi) is 8.46. The van der Waals surface area contributed by atoms with E-state index in [4.69, 9.17) is 9.47 Å². The van der Waals surface area contributed by atoms with E-state index < -0.39 is 11.5 Å². The maximum atomic E-state index is 13.6. The van der Waals surface area contributed by atoms with Crippen LogP contribution in [0.1, 0.15) is 55.8 Å². The normalized spacial score (nSPS) is 21.9. The molecule has 0 bridgehead atoms. The third kappa shape index (κ3) is 5.64. The predicted molar refractivity (Wildman–Crippen MR) is 138 cm³/mol. The van der Waals surface area contributed by atoms with Gasteiger partial charge in [-0.2, -0.15) is 0 Å². The molecule has 8 nitrogen and oxygen atoms in total. The van der Waals surface area contributed by atoms with Gasteiger partial charge >= 0.3 is 0 Å². The van der Waals surface area contributed by atoms with Gasteiger partial charge in [-0.25, -0.2) is 0 Å². The van der Waals surface area contributed by atoms with Gasteiger partial charge in [-0.3, -0.25) is 14.4 Å². The number of likely N-dealkylation sites (tertiary alicyclic amines) is 1. The molecule has 2 heterocycles. The summed E-state index contributed by atoms with van der Waals surface area (Å²) in [6, 6.07) is 10.8. The summed E-state index contributed by atoms with van der Waals surface area (Å²) in [6.45, 7) is 4.49. The maximum Gasteiger partial charge on any atom is 0.254 e. The van der Waals surface area contributed by atoms with E-state index in [2.05, 4.69) is 10.6 Å². The van der Waals surface area contributed by atoms with E-state index in [9.17, 15) is 14.4 Å². The Bertz CT molecular complexity index is 1090. The molecule has 8 heteroatoms. The predicted octanol–water partition coefficient (Wildman–Crippen LogP) is 3.28. The second-order valence-electron chi connectivity index (χ2n) is 9.84. The minimum Gasteiger partial charge on any atom is -0.496 e. The zero-order valence-electron chi connectivity index (χ0n) is 21.3. The Morgan fingerprint density at radius 2 is 1.72 bits per heavy atom. The minimum absolute atomic E-state index is 0.0360. The summed E-state index contributed by atoms with van der Waals surface area (Å²) in [6.07, 6.45) is 4.35. The molecule has 4 rings (SSSR count). The Hall–Kier alpha value is -3.13. The number of carbonyl (C=O) groups is 3. The first-order valence-corrected chi connectivity index (χ1v) is 13.0.